The molecule has 3 aromatic rings. The monoisotopic (exact) mass is 443 g/mol. The molecule has 0 unspecified atom stereocenters. The minimum atomic E-state index is 0.431. The van der Waals surface area contributed by atoms with Crippen LogP contribution in [-0.4, -0.2) is 31.9 Å². The summed E-state index contributed by atoms with van der Waals surface area (Å²) in [6.45, 7) is 12.1. The van der Waals surface area contributed by atoms with Crippen LogP contribution in [0.25, 0.3) is 21.7 Å². The summed E-state index contributed by atoms with van der Waals surface area (Å²) in [5.74, 6) is 1.60. The lowest BCUT2D eigenvalue weighted by atomic mass is 9.97. The van der Waals surface area contributed by atoms with Gasteiger partial charge in [0.2, 0.25) is 0 Å². The molecule has 0 bridgehead atoms. The van der Waals surface area contributed by atoms with E-state index in [1.807, 2.05) is 25.2 Å². The fourth-order valence-corrected chi connectivity index (χ4v) is 4.59. The van der Waals surface area contributed by atoms with E-state index in [9.17, 15) is 4.79 Å². The molecule has 0 radical (unpaired) electrons. The number of aryl methyl sites for hydroxylation is 2. The van der Waals surface area contributed by atoms with Crippen molar-refractivity contribution >= 4 is 17.8 Å². The van der Waals surface area contributed by atoms with Crippen LogP contribution < -0.4 is 9.47 Å². The molecule has 1 aliphatic heterocycles. The Balaban J connectivity index is 0.000000432. The van der Waals surface area contributed by atoms with Crippen molar-refractivity contribution in [1.82, 2.24) is 4.57 Å². The molecular formula is C25H33NO4S. The second-order valence-corrected chi connectivity index (χ2v) is 8.04. The molecule has 0 atom stereocenters. The van der Waals surface area contributed by atoms with Gasteiger partial charge >= 0.3 is 0 Å². The predicted octanol–water partition coefficient (Wildman–Crippen LogP) is 6.28. The normalized spacial score (nSPS) is 11.1. The van der Waals surface area contributed by atoms with Crippen LogP contribution in [0.4, 0.5) is 0 Å². The van der Waals surface area contributed by atoms with Crippen LogP contribution in [0, 0.1) is 13.8 Å². The van der Waals surface area contributed by atoms with E-state index in [0.29, 0.717) is 13.1 Å². The molecule has 2 aromatic heterocycles. The van der Waals surface area contributed by atoms with Crippen LogP contribution >= 0.6 is 11.3 Å². The first-order valence-electron chi connectivity index (χ1n) is 10.6. The van der Waals surface area contributed by atoms with Gasteiger partial charge < -0.3 is 18.8 Å². The van der Waals surface area contributed by atoms with Crippen molar-refractivity contribution in [2.24, 2.45) is 0 Å². The summed E-state index contributed by atoms with van der Waals surface area (Å²) in [6.07, 6.45) is 1.01. The summed E-state index contributed by atoms with van der Waals surface area (Å²) >= 11 is 1.86. The van der Waals surface area contributed by atoms with Crippen LogP contribution in [0.5, 0.6) is 11.5 Å². The van der Waals surface area contributed by atoms with Gasteiger partial charge in [0.1, 0.15) is 0 Å². The first-order chi connectivity index (χ1) is 15.0. The number of ether oxygens (including phenoxy) is 3. The number of methoxy groups -OCH3 is 2. The number of hydrogen-bond donors (Lipinski definition) is 0. The number of benzene rings is 1. The molecule has 0 fully saturated rings. The molecule has 1 aromatic carbocycles. The summed E-state index contributed by atoms with van der Waals surface area (Å²) in [6, 6.07) is 11.0. The number of carbonyl (C=O) groups is 1. The SMILES string of the molecule is CC.CCOC=O.COc1cc2c(cc1OC)-c1cc(-c3ccc(C)s3)c(C)n1CC2. The van der Waals surface area contributed by atoms with Gasteiger partial charge in [-0.3, -0.25) is 4.79 Å². The van der Waals surface area contributed by atoms with Crippen LogP contribution in [0.3, 0.4) is 0 Å². The van der Waals surface area contributed by atoms with Crippen molar-refractivity contribution < 1.29 is 19.0 Å². The zero-order valence-electron chi connectivity index (χ0n) is 19.6. The van der Waals surface area contributed by atoms with Gasteiger partial charge in [-0.05, 0) is 63.1 Å². The first-order valence-corrected chi connectivity index (χ1v) is 11.4. The maximum Gasteiger partial charge on any atom is 0.293 e. The van der Waals surface area contributed by atoms with E-state index in [2.05, 4.69) is 53.5 Å². The Morgan fingerprint density at radius 2 is 1.71 bits per heavy atom. The highest BCUT2D eigenvalue weighted by Crippen LogP contribution is 2.42. The van der Waals surface area contributed by atoms with Gasteiger partial charge in [-0.25, -0.2) is 0 Å². The summed E-state index contributed by atoms with van der Waals surface area (Å²) in [5.41, 5.74) is 6.53. The molecule has 1 aliphatic rings. The lowest BCUT2D eigenvalue weighted by Crippen LogP contribution is -2.12. The van der Waals surface area contributed by atoms with Gasteiger partial charge in [-0.2, -0.15) is 0 Å². The fourth-order valence-electron chi connectivity index (χ4n) is 3.65. The summed E-state index contributed by atoms with van der Waals surface area (Å²) in [4.78, 5) is 11.9. The number of carbonyl (C=O) groups excluding carboxylic acids is 1. The molecule has 6 heteroatoms. The third-order valence-electron chi connectivity index (χ3n) is 5.10. The van der Waals surface area contributed by atoms with E-state index in [1.54, 1.807) is 21.1 Å². The van der Waals surface area contributed by atoms with E-state index in [4.69, 9.17) is 9.47 Å². The maximum absolute atomic E-state index is 9.18. The molecule has 0 saturated heterocycles. The van der Waals surface area contributed by atoms with Crippen molar-refractivity contribution in [3.05, 3.63) is 46.5 Å². The van der Waals surface area contributed by atoms with E-state index >= 15 is 0 Å². The van der Waals surface area contributed by atoms with Crippen molar-refractivity contribution in [1.29, 1.82) is 0 Å². The Hall–Kier alpha value is -2.73. The topological polar surface area (TPSA) is 49.7 Å². The van der Waals surface area contributed by atoms with Crippen molar-refractivity contribution in [3.8, 4) is 33.2 Å². The summed E-state index contributed by atoms with van der Waals surface area (Å²) in [7, 11) is 3.38. The minimum absolute atomic E-state index is 0.431. The largest absolute Gasteiger partial charge is 0.493 e. The van der Waals surface area contributed by atoms with Crippen molar-refractivity contribution in [2.75, 3.05) is 20.8 Å². The lowest BCUT2D eigenvalue weighted by molar-refractivity contribution is -0.128. The van der Waals surface area contributed by atoms with Gasteiger partial charge in [0, 0.05) is 38.8 Å². The second kappa shape index (κ2) is 11.6. The van der Waals surface area contributed by atoms with E-state index in [-0.39, 0.29) is 0 Å². The zero-order chi connectivity index (χ0) is 23.0. The quantitative estimate of drug-likeness (QED) is 0.436. The molecule has 3 heterocycles. The highest BCUT2D eigenvalue weighted by atomic mass is 32.1. The Morgan fingerprint density at radius 3 is 2.23 bits per heavy atom. The number of nitrogens with zero attached hydrogens (tertiary/aromatic N) is 1. The number of aromatic nitrogens is 1. The fraction of sp³-hybridized carbons (Fsp3) is 0.400. The van der Waals surface area contributed by atoms with Crippen LogP contribution in [0.15, 0.2) is 30.3 Å². The van der Waals surface area contributed by atoms with Crippen LogP contribution in [0.1, 0.15) is 36.9 Å². The van der Waals surface area contributed by atoms with Gasteiger partial charge in [0.15, 0.2) is 11.5 Å². The number of hydrogen-bond acceptors (Lipinski definition) is 5. The smallest absolute Gasteiger partial charge is 0.293 e. The molecule has 0 amide bonds. The third kappa shape index (κ3) is 5.31. The predicted molar refractivity (Wildman–Crippen MR) is 129 cm³/mol. The Morgan fingerprint density at radius 1 is 1.03 bits per heavy atom. The van der Waals surface area contributed by atoms with Crippen LogP contribution in [-0.2, 0) is 22.5 Å². The van der Waals surface area contributed by atoms with Gasteiger partial charge in [-0.1, -0.05) is 13.8 Å². The second-order valence-electron chi connectivity index (χ2n) is 6.76. The molecule has 0 saturated carbocycles. The Kier molecular flexibility index (Phi) is 9.19. The molecule has 0 N–H and O–H groups in total. The van der Waals surface area contributed by atoms with E-state index in [0.717, 1.165) is 24.5 Å². The summed E-state index contributed by atoms with van der Waals surface area (Å²) in [5, 5.41) is 0. The van der Waals surface area contributed by atoms with Crippen LogP contribution in [0.2, 0.25) is 0 Å². The van der Waals surface area contributed by atoms with E-state index < -0.39 is 0 Å². The molecule has 31 heavy (non-hydrogen) atoms. The highest BCUT2D eigenvalue weighted by Gasteiger charge is 2.23. The Labute approximate surface area is 189 Å². The maximum atomic E-state index is 9.18. The first kappa shape index (κ1) is 24.5. The summed E-state index contributed by atoms with van der Waals surface area (Å²) < 4.78 is 17.6. The standard InChI is InChI=1S/C20H21NO2S.C3H6O2.C2H6/c1-12-5-6-20(24-12)15-10-17-16-11-19(23-4)18(22-3)9-14(16)7-8-21(17)13(15)2;1-2-5-3-4;1-2/h5-6,9-11H,7-8H2,1-4H3;3H,2H2,1H3;1-2H3. The molecule has 168 valence electrons. The van der Waals surface area contributed by atoms with Gasteiger partial charge in [0.25, 0.3) is 6.47 Å². The van der Waals surface area contributed by atoms with Crippen molar-refractivity contribution in [2.45, 2.75) is 47.6 Å². The molecule has 0 aliphatic carbocycles. The van der Waals surface area contributed by atoms with Crippen molar-refractivity contribution in [3.63, 3.8) is 0 Å². The molecule has 0 spiro atoms. The average molecular weight is 444 g/mol. The molecule has 4 rings (SSSR count). The highest BCUT2D eigenvalue weighted by molar-refractivity contribution is 7.15. The molecular weight excluding hydrogens is 410 g/mol. The third-order valence-corrected chi connectivity index (χ3v) is 6.13. The van der Waals surface area contributed by atoms with Gasteiger partial charge in [-0.15, -0.1) is 11.3 Å². The number of fused-ring (bicyclic) bond motifs is 3. The number of rotatable bonds is 5. The van der Waals surface area contributed by atoms with E-state index in [1.165, 1.54) is 37.8 Å². The zero-order valence-corrected chi connectivity index (χ0v) is 20.4. The van der Waals surface area contributed by atoms with Gasteiger partial charge in [0.05, 0.1) is 20.8 Å². The Bertz CT molecular complexity index is 1000. The minimum Gasteiger partial charge on any atom is -0.493 e. The lowest BCUT2D eigenvalue weighted by Gasteiger charge is -2.22. The molecule has 5 nitrogen and oxygen atoms in total. The average Bonchev–Trinajstić information content (AvgIpc) is 3.38. The number of thiophene rings is 1.